The van der Waals surface area contributed by atoms with Crippen LogP contribution in [-0.4, -0.2) is 22.0 Å². The van der Waals surface area contributed by atoms with E-state index >= 15 is 0 Å². The Balaban J connectivity index is 1.29. The molecule has 1 saturated heterocycles. The second-order valence-corrected chi connectivity index (χ2v) is 8.91. The van der Waals surface area contributed by atoms with Gasteiger partial charge in [-0.3, -0.25) is 10.1 Å². The second-order valence-electron chi connectivity index (χ2n) is 8.05. The second kappa shape index (κ2) is 9.31. The molecule has 6 nitrogen and oxygen atoms in total. The zero-order valence-electron chi connectivity index (χ0n) is 18.0. The Morgan fingerprint density at radius 1 is 1.15 bits per heavy atom. The zero-order chi connectivity index (χ0) is 22.6. The van der Waals surface area contributed by atoms with Gasteiger partial charge in [-0.1, -0.05) is 30.3 Å². The minimum Gasteiger partial charge on any atom is -0.363 e. The van der Waals surface area contributed by atoms with Gasteiger partial charge in [0.25, 0.3) is 5.91 Å². The number of para-hydroxylation sites is 1. The van der Waals surface area contributed by atoms with Crippen molar-refractivity contribution in [1.82, 2.24) is 9.55 Å². The first-order valence-electron chi connectivity index (χ1n) is 10.9. The number of carbonyl (C=O) groups is 1. The highest BCUT2D eigenvalue weighted by Gasteiger charge is 2.28. The van der Waals surface area contributed by atoms with Gasteiger partial charge >= 0.3 is 0 Å². The Labute approximate surface area is 196 Å². The highest BCUT2D eigenvalue weighted by atomic mass is 32.1. The van der Waals surface area contributed by atoms with Crippen molar-refractivity contribution in [2.45, 2.75) is 25.4 Å². The molecule has 0 saturated carbocycles. The summed E-state index contributed by atoms with van der Waals surface area (Å²) in [6.45, 7) is 1.52. The third-order valence-corrected chi connectivity index (χ3v) is 6.67. The molecule has 1 fully saturated rings. The lowest BCUT2D eigenvalue weighted by Gasteiger charge is -2.25. The number of carbonyl (C=O) groups excluding carboxylic acids is 1. The van der Waals surface area contributed by atoms with Gasteiger partial charge < -0.3 is 9.47 Å². The number of aromatic nitrogens is 2. The summed E-state index contributed by atoms with van der Waals surface area (Å²) < 4.78 is 1.88. The molecule has 0 spiro atoms. The van der Waals surface area contributed by atoms with Gasteiger partial charge in [0.2, 0.25) is 0 Å². The molecule has 1 amide bonds. The van der Waals surface area contributed by atoms with E-state index in [-0.39, 0.29) is 11.9 Å². The molecule has 1 aliphatic rings. The van der Waals surface area contributed by atoms with Crippen LogP contribution in [0.15, 0.2) is 78.3 Å². The molecule has 1 N–H and O–H groups in total. The number of nitrogens with one attached hydrogen (secondary N) is 1. The number of thiazole rings is 1. The standard InChI is InChI=1S/C26H23N5OS/c27-16-19-7-4-8-20(15-19)17-30-13-5-12-24(30)25(32)29-26-28-22(18-33-26)23-11-6-14-31(23)21-9-2-1-3-10-21/h1-5,7-10,12-13,15,18,23H,6,11,14,17H2,(H,28,29,32)/t23-/m1/s1. The summed E-state index contributed by atoms with van der Waals surface area (Å²) in [4.78, 5) is 20.1. The monoisotopic (exact) mass is 453 g/mol. The summed E-state index contributed by atoms with van der Waals surface area (Å²) in [6, 6.07) is 23.9. The molecule has 5 rings (SSSR count). The SMILES string of the molecule is N#Cc1cccc(Cn2cccc2C(=O)Nc2nc([C@H]3CCCN3c3ccccc3)cs2)c1. The fraction of sp³-hybridized carbons (Fsp3) is 0.192. The summed E-state index contributed by atoms with van der Waals surface area (Å²) in [6.07, 6.45) is 4.05. The van der Waals surface area contributed by atoms with Crippen LogP contribution in [0.2, 0.25) is 0 Å². The number of hydrogen-bond acceptors (Lipinski definition) is 5. The number of anilines is 2. The van der Waals surface area contributed by atoms with E-state index in [1.54, 1.807) is 12.1 Å². The van der Waals surface area contributed by atoms with Crippen molar-refractivity contribution < 1.29 is 4.79 Å². The van der Waals surface area contributed by atoms with Crippen LogP contribution in [0.25, 0.3) is 0 Å². The molecule has 1 atom stereocenters. The van der Waals surface area contributed by atoms with Gasteiger partial charge in [-0.05, 0) is 54.8 Å². The van der Waals surface area contributed by atoms with Gasteiger partial charge in [0, 0.05) is 30.4 Å². The highest BCUT2D eigenvalue weighted by Crippen LogP contribution is 2.37. The molecule has 3 heterocycles. The topological polar surface area (TPSA) is 74.0 Å². The summed E-state index contributed by atoms with van der Waals surface area (Å²) >= 11 is 1.46. The maximum Gasteiger partial charge on any atom is 0.274 e. The van der Waals surface area contributed by atoms with E-state index in [2.05, 4.69) is 40.6 Å². The number of nitriles is 1. The molecular weight excluding hydrogens is 430 g/mol. The van der Waals surface area contributed by atoms with Crippen molar-refractivity contribution in [2.75, 3.05) is 16.8 Å². The van der Waals surface area contributed by atoms with Gasteiger partial charge in [-0.15, -0.1) is 11.3 Å². The van der Waals surface area contributed by atoms with E-state index < -0.39 is 0 Å². The molecule has 0 radical (unpaired) electrons. The first-order valence-corrected chi connectivity index (χ1v) is 11.8. The molecule has 164 valence electrons. The smallest absolute Gasteiger partial charge is 0.274 e. The van der Waals surface area contributed by atoms with Gasteiger partial charge in [0.15, 0.2) is 5.13 Å². The largest absolute Gasteiger partial charge is 0.363 e. The van der Waals surface area contributed by atoms with Gasteiger partial charge in [0.05, 0.1) is 23.4 Å². The quantitative estimate of drug-likeness (QED) is 0.421. The molecular formula is C26H23N5OS. The van der Waals surface area contributed by atoms with Crippen LogP contribution >= 0.6 is 11.3 Å². The third kappa shape index (κ3) is 4.52. The molecule has 2 aromatic carbocycles. The zero-order valence-corrected chi connectivity index (χ0v) is 18.8. The van der Waals surface area contributed by atoms with Gasteiger partial charge in [0.1, 0.15) is 5.69 Å². The lowest BCUT2D eigenvalue weighted by atomic mass is 10.1. The number of nitrogens with zero attached hydrogens (tertiary/aromatic N) is 4. The first kappa shape index (κ1) is 21.0. The Morgan fingerprint density at radius 3 is 2.88 bits per heavy atom. The maximum atomic E-state index is 13.0. The fourth-order valence-corrected chi connectivity index (χ4v) is 5.11. The van der Waals surface area contributed by atoms with Crippen LogP contribution in [0.4, 0.5) is 10.8 Å². The lowest BCUT2D eigenvalue weighted by molar-refractivity contribution is 0.101. The summed E-state index contributed by atoms with van der Waals surface area (Å²) in [5, 5.41) is 14.8. The number of benzene rings is 2. The minimum atomic E-state index is -0.191. The summed E-state index contributed by atoms with van der Waals surface area (Å²) in [7, 11) is 0. The van der Waals surface area contributed by atoms with E-state index in [1.165, 1.54) is 17.0 Å². The van der Waals surface area contributed by atoms with Crippen molar-refractivity contribution in [3.05, 3.63) is 101 Å². The third-order valence-electron chi connectivity index (χ3n) is 5.90. The predicted octanol–water partition coefficient (Wildman–Crippen LogP) is 5.46. The fourth-order valence-electron chi connectivity index (χ4n) is 4.35. The van der Waals surface area contributed by atoms with E-state index in [0.717, 1.165) is 30.6 Å². The van der Waals surface area contributed by atoms with Crippen LogP contribution in [0.5, 0.6) is 0 Å². The Kier molecular flexibility index (Phi) is 5.92. The number of amides is 1. The number of rotatable bonds is 6. The van der Waals surface area contributed by atoms with Crippen molar-refractivity contribution >= 4 is 28.1 Å². The van der Waals surface area contributed by atoms with Crippen LogP contribution in [-0.2, 0) is 6.54 Å². The summed E-state index contributed by atoms with van der Waals surface area (Å²) in [5.41, 5.74) is 4.34. The Bertz CT molecular complexity index is 1300. The number of hydrogen-bond donors (Lipinski definition) is 1. The molecule has 0 bridgehead atoms. The molecule has 7 heteroatoms. The van der Waals surface area contributed by atoms with Gasteiger partial charge in [-0.25, -0.2) is 4.98 Å². The van der Waals surface area contributed by atoms with E-state index in [4.69, 9.17) is 10.2 Å². The molecule has 0 aliphatic carbocycles. The van der Waals surface area contributed by atoms with Crippen molar-refractivity contribution in [3.63, 3.8) is 0 Å². The van der Waals surface area contributed by atoms with Crippen LogP contribution < -0.4 is 10.2 Å². The first-order chi connectivity index (χ1) is 16.2. The van der Waals surface area contributed by atoms with Crippen LogP contribution in [0.1, 0.15) is 46.2 Å². The molecule has 2 aromatic heterocycles. The molecule has 1 aliphatic heterocycles. The van der Waals surface area contributed by atoms with E-state index in [0.29, 0.717) is 22.9 Å². The van der Waals surface area contributed by atoms with Crippen LogP contribution in [0.3, 0.4) is 0 Å². The average Bonchev–Trinajstić information content (AvgIpc) is 3.60. The van der Waals surface area contributed by atoms with Gasteiger partial charge in [-0.2, -0.15) is 5.26 Å². The molecule has 4 aromatic rings. The van der Waals surface area contributed by atoms with E-state index in [1.807, 2.05) is 46.5 Å². The lowest BCUT2D eigenvalue weighted by Crippen LogP contribution is -2.22. The van der Waals surface area contributed by atoms with Crippen molar-refractivity contribution in [1.29, 1.82) is 5.26 Å². The molecule has 0 unspecified atom stereocenters. The highest BCUT2D eigenvalue weighted by molar-refractivity contribution is 7.14. The Morgan fingerprint density at radius 2 is 2.03 bits per heavy atom. The maximum absolute atomic E-state index is 13.0. The molecule has 33 heavy (non-hydrogen) atoms. The average molecular weight is 454 g/mol. The summed E-state index contributed by atoms with van der Waals surface area (Å²) in [5.74, 6) is -0.191. The van der Waals surface area contributed by atoms with Crippen LogP contribution in [0, 0.1) is 11.3 Å². The predicted molar refractivity (Wildman–Crippen MR) is 131 cm³/mol. The van der Waals surface area contributed by atoms with Crippen molar-refractivity contribution in [2.24, 2.45) is 0 Å². The normalized spacial score (nSPS) is 15.4. The van der Waals surface area contributed by atoms with Crippen molar-refractivity contribution in [3.8, 4) is 6.07 Å². The van der Waals surface area contributed by atoms with E-state index in [9.17, 15) is 4.79 Å². The minimum absolute atomic E-state index is 0.191. The Hall–Kier alpha value is -3.89.